The maximum absolute atomic E-state index is 11.0. The number of thiophene rings is 1. The highest BCUT2D eigenvalue weighted by Gasteiger charge is 2.04. The maximum atomic E-state index is 11.0. The predicted octanol–water partition coefficient (Wildman–Crippen LogP) is 3.64. The Morgan fingerprint density at radius 2 is 2.35 bits per heavy atom. The summed E-state index contributed by atoms with van der Waals surface area (Å²) in [4.78, 5) is 14.6. The van der Waals surface area contributed by atoms with Crippen LogP contribution in [0.15, 0.2) is 35.5 Å². The molecule has 6 heteroatoms. The van der Waals surface area contributed by atoms with Gasteiger partial charge in [0.15, 0.2) is 0 Å². The number of benzene rings is 1. The summed E-state index contributed by atoms with van der Waals surface area (Å²) in [5.41, 5.74) is 6.42. The van der Waals surface area contributed by atoms with E-state index < -0.39 is 5.91 Å². The third-order valence-corrected chi connectivity index (χ3v) is 3.63. The van der Waals surface area contributed by atoms with Gasteiger partial charge < -0.3 is 0 Å². The second-order valence-corrected chi connectivity index (χ2v) is 4.67. The monoisotopic (exact) mass is 264 g/mol. The summed E-state index contributed by atoms with van der Waals surface area (Å²) in [6.45, 7) is 0. The van der Waals surface area contributed by atoms with Crippen LogP contribution in [-0.2, 0) is 4.79 Å². The number of amides is 1. The van der Waals surface area contributed by atoms with Crippen molar-refractivity contribution in [3.63, 3.8) is 0 Å². The van der Waals surface area contributed by atoms with Gasteiger partial charge in [0.1, 0.15) is 5.53 Å². The number of hydrogen-bond acceptors (Lipinski definition) is 3. The topological polar surface area (TPSA) is 67.4 Å². The highest BCUT2D eigenvalue weighted by molar-refractivity contribution is 7.20. The zero-order valence-corrected chi connectivity index (χ0v) is 10.1. The van der Waals surface area contributed by atoms with E-state index in [1.165, 1.54) is 17.4 Å². The zero-order valence-electron chi connectivity index (χ0n) is 8.55. The van der Waals surface area contributed by atoms with Crippen LogP contribution < -0.4 is 4.91 Å². The Hall–Kier alpha value is -1.81. The van der Waals surface area contributed by atoms with Crippen LogP contribution in [0.25, 0.3) is 16.2 Å². The first-order valence-electron chi connectivity index (χ1n) is 4.68. The summed E-state index contributed by atoms with van der Waals surface area (Å²) in [5.74, 6) is -0.552. The fraction of sp³-hybridized carbons (Fsp3) is 0. The Balaban J connectivity index is 2.35. The largest absolute Gasteiger partial charge is 0.353 e. The molecular weight excluding hydrogens is 258 g/mol. The molecule has 84 valence electrons. The van der Waals surface area contributed by atoms with Crippen molar-refractivity contribution in [2.45, 2.75) is 0 Å². The summed E-state index contributed by atoms with van der Waals surface area (Å²) in [5, 5.41) is 4.79. The highest BCUT2D eigenvalue weighted by Crippen LogP contribution is 2.32. The quantitative estimate of drug-likeness (QED) is 0.502. The molecule has 0 unspecified atom stereocenters. The van der Waals surface area contributed by atoms with Crippen LogP contribution in [0.1, 0.15) is 4.88 Å². The minimum atomic E-state index is -0.552. The summed E-state index contributed by atoms with van der Waals surface area (Å²) in [7, 11) is 0. The third-order valence-electron chi connectivity index (χ3n) is 2.05. The van der Waals surface area contributed by atoms with Crippen LogP contribution in [0, 0.1) is 5.53 Å². The molecule has 0 radical (unpaired) electrons. The van der Waals surface area contributed by atoms with Crippen molar-refractivity contribution >= 4 is 45.0 Å². The summed E-state index contributed by atoms with van der Waals surface area (Å²) < 4.78 is 0.989. The van der Waals surface area contributed by atoms with Crippen LogP contribution in [-0.4, -0.2) is 5.91 Å². The van der Waals surface area contributed by atoms with Crippen molar-refractivity contribution in [1.29, 1.82) is 5.53 Å². The second-order valence-electron chi connectivity index (χ2n) is 3.18. The maximum Gasteiger partial charge on any atom is 0.353 e. The normalized spacial score (nSPS) is 10.6. The van der Waals surface area contributed by atoms with Crippen LogP contribution >= 0.6 is 22.9 Å². The molecule has 2 rings (SSSR count). The Kier molecular flexibility index (Phi) is 3.44. The van der Waals surface area contributed by atoms with E-state index in [0.29, 0.717) is 5.02 Å². The fourth-order valence-corrected chi connectivity index (χ4v) is 2.63. The highest BCUT2D eigenvalue weighted by atomic mass is 35.5. The van der Waals surface area contributed by atoms with Crippen molar-refractivity contribution < 1.29 is 4.79 Å². The first-order chi connectivity index (χ1) is 8.20. The Morgan fingerprint density at radius 3 is 3.06 bits per heavy atom. The first-order valence-corrected chi connectivity index (χ1v) is 5.88. The number of nitrogens with zero attached hydrogens (tertiary/aromatic N) is 2. The predicted molar refractivity (Wildman–Crippen MR) is 68.2 cm³/mol. The third kappa shape index (κ3) is 2.65. The fourth-order valence-electron chi connectivity index (χ4n) is 1.37. The number of hydrogen-bond donors (Lipinski definition) is 1. The molecule has 0 aliphatic carbocycles. The van der Waals surface area contributed by atoms with Gasteiger partial charge in [0.25, 0.3) is 0 Å². The van der Waals surface area contributed by atoms with Gasteiger partial charge in [-0.25, -0.2) is 0 Å². The molecular formula is C11H7ClN3OS+. The van der Waals surface area contributed by atoms with Gasteiger partial charge in [-0.05, 0) is 23.6 Å². The van der Waals surface area contributed by atoms with Crippen LogP contribution in [0.5, 0.6) is 0 Å². The lowest BCUT2D eigenvalue weighted by Crippen LogP contribution is -1.83. The molecule has 0 atom stereocenters. The number of carbonyl (C=O) groups excluding carboxylic acids is 1. The molecule has 1 aromatic heterocycles. The molecule has 17 heavy (non-hydrogen) atoms. The SMILES string of the molecule is N=[N+]=NC(=O)/C=C/c1cc2cccc(Cl)c2s1. The van der Waals surface area contributed by atoms with Gasteiger partial charge in [-0.2, -0.15) is 0 Å². The second kappa shape index (κ2) is 5.01. The van der Waals surface area contributed by atoms with Gasteiger partial charge >= 0.3 is 5.91 Å². The van der Waals surface area contributed by atoms with E-state index in [9.17, 15) is 4.79 Å². The van der Waals surface area contributed by atoms with Gasteiger partial charge in [0.2, 0.25) is 10.0 Å². The number of rotatable bonds is 2. The van der Waals surface area contributed by atoms with Gasteiger partial charge in [0.05, 0.1) is 9.72 Å². The van der Waals surface area contributed by atoms with E-state index in [0.717, 1.165) is 15.0 Å². The molecule has 1 heterocycles. The molecule has 0 aliphatic rings. The minimum Gasteiger partial charge on any atom is -0.260 e. The van der Waals surface area contributed by atoms with Gasteiger partial charge in [-0.3, -0.25) is 4.79 Å². The molecule has 1 N–H and O–H groups in total. The van der Waals surface area contributed by atoms with Crippen LogP contribution in [0.2, 0.25) is 5.02 Å². The summed E-state index contributed by atoms with van der Waals surface area (Å²) in [6, 6.07) is 7.60. The molecule has 0 fully saturated rings. The van der Waals surface area contributed by atoms with E-state index in [1.54, 1.807) is 6.08 Å². The minimum absolute atomic E-state index is 0.552. The lowest BCUT2D eigenvalue weighted by atomic mass is 10.2. The van der Waals surface area contributed by atoms with Crippen molar-refractivity contribution in [2.75, 3.05) is 0 Å². The lowest BCUT2D eigenvalue weighted by molar-refractivity contribution is -0.113. The van der Waals surface area contributed by atoms with Crippen molar-refractivity contribution in [1.82, 2.24) is 4.91 Å². The van der Waals surface area contributed by atoms with Crippen LogP contribution in [0.3, 0.4) is 0 Å². The zero-order chi connectivity index (χ0) is 12.3. The molecule has 0 aliphatic heterocycles. The van der Waals surface area contributed by atoms with E-state index in [4.69, 9.17) is 17.1 Å². The molecule has 2 aromatic rings. The Morgan fingerprint density at radius 1 is 1.53 bits per heavy atom. The van der Waals surface area contributed by atoms with Crippen molar-refractivity contribution in [3.8, 4) is 0 Å². The van der Waals surface area contributed by atoms with Crippen molar-refractivity contribution in [2.24, 2.45) is 5.11 Å². The average Bonchev–Trinajstić information content (AvgIpc) is 2.71. The van der Waals surface area contributed by atoms with Crippen molar-refractivity contribution in [3.05, 3.63) is 40.2 Å². The van der Waals surface area contributed by atoms with E-state index in [-0.39, 0.29) is 0 Å². The summed E-state index contributed by atoms with van der Waals surface area (Å²) in [6.07, 6.45) is 2.91. The van der Waals surface area contributed by atoms with Gasteiger partial charge in [-0.15, -0.1) is 11.3 Å². The lowest BCUT2D eigenvalue weighted by Gasteiger charge is -1.89. The van der Waals surface area contributed by atoms with E-state index >= 15 is 0 Å². The average molecular weight is 265 g/mol. The smallest absolute Gasteiger partial charge is 0.260 e. The molecule has 0 saturated heterocycles. The molecule has 1 amide bonds. The Bertz CT molecular complexity index is 656. The summed E-state index contributed by atoms with van der Waals surface area (Å²) >= 11 is 7.54. The number of nitrogens with one attached hydrogen (secondary N) is 1. The molecule has 1 aromatic carbocycles. The first kappa shape index (κ1) is 11.7. The Labute approximate surface area is 106 Å². The molecule has 0 spiro atoms. The van der Waals surface area contributed by atoms with Crippen LogP contribution in [0.4, 0.5) is 0 Å². The van der Waals surface area contributed by atoms with Gasteiger partial charge in [-0.1, -0.05) is 23.7 Å². The number of carbonyl (C=O) groups is 1. The number of halogens is 1. The van der Waals surface area contributed by atoms with E-state index in [2.05, 4.69) is 10.0 Å². The molecule has 4 nitrogen and oxygen atoms in total. The molecule has 0 saturated carbocycles. The molecule has 0 bridgehead atoms. The van der Waals surface area contributed by atoms with E-state index in [1.807, 2.05) is 24.3 Å². The standard InChI is InChI=1S/C11H7ClN3OS/c12-9-3-1-2-7-6-8(17-11(7)9)4-5-10(16)14-15-13/h1-6,13H/q+1/b5-4+. The number of fused-ring (bicyclic) bond motifs is 1. The van der Waals surface area contributed by atoms with Gasteiger partial charge in [0, 0.05) is 11.0 Å².